The summed E-state index contributed by atoms with van der Waals surface area (Å²) in [4.78, 5) is 31.8. The SMILES string of the molecule is COC(=O)c1ccc(C2(NC(=O)c3cc(C)cnc3N3CC(Nc4cccc(F)c4)C3)CC2)cc1. The molecule has 1 saturated carbocycles. The zero-order valence-corrected chi connectivity index (χ0v) is 19.7. The number of halogens is 1. The van der Waals surface area contributed by atoms with Crippen molar-refractivity contribution < 1.29 is 18.7 Å². The summed E-state index contributed by atoms with van der Waals surface area (Å²) >= 11 is 0. The fraction of sp³-hybridized carbons (Fsp3) is 0.296. The fourth-order valence-corrected chi connectivity index (χ4v) is 4.48. The lowest BCUT2D eigenvalue weighted by atomic mass is 10.0. The highest BCUT2D eigenvalue weighted by Gasteiger charge is 2.46. The summed E-state index contributed by atoms with van der Waals surface area (Å²) in [7, 11) is 1.35. The smallest absolute Gasteiger partial charge is 0.337 e. The van der Waals surface area contributed by atoms with Gasteiger partial charge < -0.3 is 20.3 Å². The number of hydrogen-bond acceptors (Lipinski definition) is 6. The Balaban J connectivity index is 1.29. The number of anilines is 2. The number of carbonyl (C=O) groups is 2. The van der Waals surface area contributed by atoms with Crippen LogP contribution in [0.4, 0.5) is 15.9 Å². The molecule has 1 aliphatic carbocycles. The first-order chi connectivity index (χ1) is 16.9. The molecular formula is C27H27FN4O3. The molecule has 0 unspecified atom stereocenters. The van der Waals surface area contributed by atoms with Gasteiger partial charge in [0.2, 0.25) is 0 Å². The molecule has 35 heavy (non-hydrogen) atoms. The third-order valence-corrected chi connectivity index (χ3v) is 6.59. The molecule has 2 fully saturated rings. The first-order valence-corrected chi connectivity index (χ1v) is 11.6. The average molecular weight is 475 g/mol. The second-order valence-electron chi connectivity index (χ2n) is 9.25. The highest BCUT2D eigenvalue weighted by molar-refractivity contribution is 6.00. The molecule has 2 aliphatic rings. The number of hydrogen-bond donors (Lipinski definition) is 2. The number of amides is 1. The van der Waals surface area contributed by atoms with Gasteiger partial charge in [-0.2, -0.15) is 0 Å². The van der Waals surface area contributed by atoms with Crippen LogP contribution in [0.5, 0.6) is 0 Å². The molecular weight excluding hydrogens is 447 g/mol. The third kappa shape index (κ3) is 4.69. The Morgan fingerprint density at radius 1 is 1.11 bits per heavy atom. The van der Waals surface area contributed by atoms with Crippen LogP contribution < -0.4 is 15.5 Å². The maximum Gasteiger partial charge on any atom is 0.337 e. The Bertz CT molecular complexity index is 1270. The molecule has 5 rings (SSSR count). The number of ether oxygens (including phenoxy) is 1. The Morgan fingerprint density at radius 3 is 2.51 bits per heavy atom. The number of nitrogens with one attached hydrogen (secondary N) is 2. The van der Waals surface area contributed by atoms with Gasteiger partial charge in [-0.15, -0.1) is 0 Å². The molecule has 8 heteroatoms. The van der Waals surface area contributed by atoms with Gasteiger partial charge in [0.05, 0.1) is 29.8 Å². The van der Waals surface area contributed by atoms with E-state index in [0.717, 1.165) is 29.7 Å². The monoisotopic (exact) mass is 474 g/mol. The number of aromatic nitrogens is 1. The van der Waals surface area contributed by atoms with Crippen LogP contribution in [-0.2, 0) is 10.3 Å². The number of rotatable bonds is 7. The molecule has 1 aromatic heterocycles. The van der Waals surface area contributed by atoms with Gasteiger partial charge in [-0.3, -0.25) is 4.79 Å². The topological polar surface area (TPSA) is 83.6 Å². The van der Waals surface area contributed by atoms with Crippen LogP contribution >= 0.6 is 0 Å². The Labute approximate surface area is 203 Å². The molecule has 0 spiro atoms. The lowest BCUT2D eigenvalue weighted by Gasteiger charge is -2.41. The van der Waals surface area contributed by atoms with Crippen molar-refractivity contribution in [2.45, 2.75) is 31.3 Å². The van der Waals surface area contributed by atoms with E-state index < -0.39 is 5.54 Å². The summed E-state index contributed by atoms with van der Waals surface area (Å²) in [5.74, 6) is -0.200. The predicted octanol–water partition coefficient (Wildman–Crippen LogP) is 4.04. The zero-order chi connectivity index (χ0) is 24.6. The third-order valence-electron chi connectivity index (χ3n) is 6.59. The number of esters is 1. The molecule has 7 nitrogen and oxygen atoms in total. The predicted molar refractivity (Wildman–Crippen MR) is 131 cm³/mol. The van der Waals surface area contributed by atoms with Crippen LogP contribution in [0.3, 0.4) is 0 Å². The van der Waals surface area contributed by atoms with Gasteiger partial charge in [-0.25, -0.2) is 14.2 Å². The summed E-state index contributed by atoms with van der Waals surface area (Å²) in [6, 6.07) is 15.6. The number of benzene rings is 2. The Hall–Kier alpha value is -3.94. The van der Waals surface area contributed by atoms with Crippen molar-refractivity contribution in [3.63, 3.8) is 0 Å². The molecule has 0 atom stereocenters. The molecule has 2 aromatic carbocycles. The zero-order valence-electron chi connectivity index (χ0n) is 19.7. The van der Waals surface area contributed by atoms with Crippen LogP contribution in [0.15, 0.2) is 60.8 Å². The van der Waals surface area contributed by atoms with Gasteiger partial charge in [0.25, 0.3) is 5.91 Å². The molecule has 180 valence electrons. The molecule has 0 radical (unpaired) electrons. The first-order valence-electron chi connectivity index (χ1n) is 11.6. The van der Waals surface area contributed by atoms with Gasteiger partial charge >= 0.3 is 5.97 Å². The van der Waals surface area contributed by atoms with Gasteiger partial charge in [0, 0.05) is 25.0 Å². The molecule has 1 amide bonds. The first kappa shape index (κ1) is 22.8. The average Bonchev–Trinajstić information content (AvgIpc) is 3.61. The van der Waals surface area contributed by atoms with Crippen molar-refractivity contribution in [1.82, 2.24) is 10.3 Å². The largest absolute Gasteiger partial charge is 0.465 e. The fourth-order valence-electron chi connectivity index (χ4n) is 4.48. The van der Waals surface area contributed by atoms with E-state index in [2.05, 4.69) is 20.5 Å². The van der Waals surface area contributed by atoms with Crippen molar-refractivity contribution in [2.24, 2.45) is 0 Å². The van der Waals surface area contributed by atoms with Crippen molar-refractivity contribution in [3.8, 4) is 0 Å². The number of pyridine rings is 1. The van der Waals surface area contributed by atoms with Gasteiger partial charge in [0.1, 0.15) is 11.6 Å². The van der Waals surface area contributed by atoms with Crippen molar-refractivity contribution >= 4 is 23.4 Å². The van der Waals surface area contributed by atoms with Crippen molar-refractivity contribution in [1.29, 1.82) is 0 Å². The van der Waals surface area contributed by atoms with Crippen LogP contribution in [0, 0.1) is 12.7 Å². The minimum Gasteiger partial charge on any atom is -0.465 e. The molecule has 3 aromatic rings. The lowest BCUT2D eigenvalue weighted by Crippen LogP contribution is -2.55. The van der Waals surface area contributed by atoms with E-state index in [4.69, 9.17) is 4.74 Å². The van der Waals surface area contributed by atoms with Crippen LogP contribution in [0.25, 0.3) is 0 Å². The highest BCUT2D eigenvalue weighted by Crippen LogP contribution is 2.46. The highest BCUT2D eigenvalue weighted by atomic mass is 19.1. The molecule has 0 bridgehead atoms. The summed E-state index contributed by atoms with van der Waals surface area (Å²) in [5, 5.41) is 6.53. The van der Waals surface area contributed by atoms with E-state index in [1.54, 1.807) is 24.4 Å². The summed E-state index contributed by atoms with van der Waals surface area (Å²) in [6.45, 7) is 3.23. The van der Waals surface area contributed by atoms with Crippen LogP contribution in [0.1, 0.15) is 44.7 Å². The molecule has 2 N–H and O–H groups in total. The van der Waals surface area contributed by atoms with Crippen LogP contribution in [0.2, 0.25) is 0 Å². The van der Waals surface area contributed by atoms with Gasteiger partial charge in [-0.1, -0.05) is 18.2 Å². The number of aryl methyl sites for hydroxylation is 1. The minimum atomic E-state index is -0.441. The summed E-state index contributed by atoms with van der Waals surface area (Å²) < 4.78 is 18.2. The van der Waals surface area contributed by atoms with Gasteiger partial charge in [0.15, 0.2) is 0 Å². The van der Waals surface area contributed by atoms with E-state index in [1.165, 1.54) is 19.2 Å². The lowest BCUT2D eigenvalue weighted by molar-refractivity contribution is 0.0600. The normalized spacial score (nSPS) is 16.3. The molecule has 1 aliphatic heterocycles. The van der Waals surface area contributed by atoms with Crippen LogP contribution in [-0.4, -0.2) is 43.1 Å². The summed E-state index contributed by atoms with van der Waals surface area (Å²) in [6.07, 6.45) is 3.42. The number of methoxy groups -OCH3 is 1. The second kappa shape index (κ2) is 9.02. The Kier molecular flexibility index (Phi) is 5.88. The second-order valence-corrected chi connectivity index (χ2v) is 9.25. The molecule has 2 heterocycles. The number of nitrogens with zero attached hydrogens (tertiary/aromatic N) is 2. The van der Waals surface area contributed by atoms with Gasteiger partial charge in [-0.05, 0) is 67.3 Å². The number of carbonyl (C=O) groups excluding carboxylic acids is 2. The quantitative estimate of drug-likeness (QED) is 0.503. The van der Waals surface area contributed by atoms with E-state index in [1.807, 2.05) is 31.2 Å². The standard InChI is InChI=1S/C27H27FN4O3/c1-17-12-23(24(29-14-17)32-15-22(16-32)30-21-5-3-4-20(28)13-21)25(33)31-27(10-11-27)19-8-6-18(7-9-19)26(34)35-2/h3-9,12-14,22,30H,10-11,15-16H2,1-2H3,(H,31,33). The van der Waals surface area contributed by atoms with E-state index in [0.29, 0.717) is 30.0 Å². The van der Waals surface area contributed by atoms with E-state index in [9.17, 15) is 14.0 Å². The molecule has 1 saturated heterocycles. The maximum absolute atomic E-state index is 13.5. The summed E-state index contributed by atoms with van der Waals surface area (Å²) in [5.41, 5.74) is 3.17. The Morgan fingerprint density at radius 2 is 1.86 bits per heavy atom. The van der Waals surface area contributed by atoms with Crippen molar-refractivity contribution in [2.75, 3.05) is 30.4 Å². The maximum atomic E-state index is 13.5. The van der Waals surface area contributed by atoms with E-state index in [-0.39, 0.29) is 23.7 Å². The van der Waals surface area contributed by atoms with E-state index >= 15 is 0 Å². The minimum absolute atomic E-state index is 0.138. The van der Waals surface area contributed by atoms with Crippen molar-refractivity contribution in [3.05, 3.63) is 88.9 Å².